The van der Waals surface area contributed by atoms with Crippen LogP contribution in [0.5, 0.6) is 5.75 Å². The molecule has 1 aromatic carbocycles. The Balaban J connectivity index is 1.73. The molecule has 0 saturated carbocycles. The Morgan fingerprint density at radius 3 is 2.76 bits per heavy atom. The van der Waals surface area contributed by atoms with Gasteiger partial charge < -0.3 is 14.9 Å². The lowest BCUT2D eigenvalue weighted by molar-refractivity contribution is 0.222. The van der Waals surface area contributed by atoms with E-state index in [9.17, 15) is 0 Å². The Kier molecular flexibility index (Phi) is 6.31. The van der Waals surface area contributed by atoms with Crippen LogP contribution in [0.15, 0.2) is 47.1 Å². The molecule has 0 unspecified atom stereocenters. The van der Waals surface area contributed by atoms with Crippen LogP contribution < -0.4 is 10.5 Å². The maximum atomic E-state index is 5.83. The Bertz CT molecular complexity index is 511. The molecule has 0 bridgehead atoms. The zero-order valence-electron chi connectivity index (χ0n) is 12.6. The zero-order chi connectivity index (χ0) is 14.9. The quantitative estimate of drug-likeness (QED) is 0.721. The molecule has 21 heavy (non-hydrogen) atoms. The summed E-state index contributed by atoms with van der Waals surface area (Å²) in [5.41, 5.74) is 6.76. The smallest absolute Gasteiger partial charge is 0.123 e. The molecule has 2 N–H and O–H groups in total. The summed E-state index contributed by atoms with van der Waals surface area (Å²) >= 11 is 0. The molecular weight excluding hydrogens is 264 g/mol. The van der Waals surface area contributed by atoms with Crippen molar-refractivity contribution in [2.24, 2.45) is 5.73 Å². The fraction of sp³-hybridized carbons (Fsp3) is 0.412. The molecule has 2 rings (SSSR count). The number of nitrogens with zero attached hydrogens (tertiary/aromatic N) is 1. The van der Waals surface area contributed by atoms with Crippen LogP contribution in [0.2, 0.25) is 0 Å². The number of benzene rings is 1. The first kappa shape index (κ1) is 15.6. The second-order valence-corrected chi connectivity index (χ2v) is 4.96. The minimum Gasteiger partial charge on any atom is -0.493 e. The van der Waals surface area contributed by atoms with E-state index in [1.807, 2.05) is 36.4 Å². The van der Waals surface area contributed by atoms with E-state index in [1.165, 1.54) is 0 Å². The lowest BCUT2D eigenvalue weighted by Gasteiger charge is -2.19. The third-order valence-corrected chi connectivity index (χ3v) is 3.48. The van der Waals surface area contributed by atoms with E-state index in [0.29, 0.717) is 13.2 Å². The molecule has 0 fully saturated rings. The van der Waals surface area contributed by atoms with E-state index in [2.05, 4.69) is 11.8 Å². The van der Waals surface area contributed by atoms with Gasteiger partial charge in [0.05, 0.1) is 19.4 Å². The van der Waals surface area contributed by atoms with Gasteiger partial charge in [-0.3, -0.25) is 4.90 Å². The van der Waals surface area contributed by atoms with Crippen molar-refractivity contribution in [1.82, 2.24) is 4.90 Å². The number of rotatable bonds is 9. The zero-order valence-corrected chi connectivity index (χ0v) is 12.6. The molecular formula is C17H24N2O2. The fourth-order valence-corrected chi connectivity index (χ4v) is 2.26. The summed E-state index contributed by atoms with van der Waals surface area (Å²) in [7, 11) is 0. The van der Waals surface area contributed by atoms with Crippen LogP contribution in [-0.4, -0.2) is 24.6 Å². The predicted octanol–water partition coefficient (Wildman–Crippen LogP) is 3.03. The van der Waals surface area contributed by atoms with Crippen molar-refractivity contribution in [2.45, 2.75) is 26.4 Å². The van der Waals surface area contributed by atoms with Gasteiger partial charge in [0.25, 0.3) is 0 Å². The standard InChI is InChI=1S/C17H24N2O2/c1-2-19(14-16-8-5-11-20-16)10-6-12-21-17-9-4-3-7-15(17)13-18/h3-5,7-9,11H,2,6,10,12-14,18H2,1H3. The van der Waals surface area contributed by atoms with Gasteiger partial charge >= 0.3 is 0 Å². The molecule has 114 valence electrons. The van der Waals surface area contributed by atoms with Crippen LogP contribution in [0.4, 0.5) is 0 Å². The molecule has 4 nitrogen and oxygen atoms in total. The van der Waals surface area contributed by atoms with Crippen molar-refractivity contribution in [3.05, 3.63) is 54.0 Å². The Labute approximate surface area is 126 Å². The summed E-state index contributed by atoms with van der Waals surface area (Å²) < 4.78 is 11.2. The Morgan fingerprint density at radius 1 is 1.19 bits per heavy atom. The number of para-hydroxylation sites is 1. The van der Waals surface area contributed by atoms with Gasteiger partial charge in [0.1, 0.15) is 11.5 Å². The number of hydrogen-bond donors (Lipinski definition) is 1. The topological polar surface area (TPSA) is 51.6 Å². The van der Waals surface area contributed by atoms with Crippen LogP contribution >= 0.6 is 0 Å². The summed E-state index contributed by atoms with van der Waals surface area (Å²) in [6.45, 7) is 6.21. The van der Waals surface area contributed by atoms with E-state index >= 15 is 0 Å². The van der Waals surface area contributed by atoms with E-state index in [0.717, 1.165) is 43.1 Å². The van der Waals surface area contributed by atoms with Crippen molar-refractivity contribution in [2.75, 3.05) is 19.7 Å². The van der Waals surface area contributed by atoms with Gasteiger partial charge in [0, 0.05) is 18.7 Å². The Morgan fingerprint density at radius 2 is 2.05 bits per heavy atom. The predicted molar refractivity (Wildman–Crippen MR) is 84.1 cm³/mol. The second-order valence-electron chi connectivity index (χ2n) is 4.96. The van der Waals surface area contributed by atoms with Crippen LogP contribution in [0.25, 0.3) is 0 Å². The van der Waals surface area contributed by atoms with Gasteiger partial charge in [-0.1, -0.05) is 25.1 Å². The average molecular weight is 288 g/mol. The fourth-order valence-electron chi connectivity index (χ4n) is 2.26. The van der Waals surface area contributed by atoms with E-state index in [4.69, 9.17) is 14.9 Å². The minimum absolute atomic E-state index is 0.510. The second kappa shape index (κ2) is 8.49. The third kappa shape index (κ3) is 4.92. The molecule has 0 spiro atoms. The first-order valence-electron chi connectivity index (χ1n) is 7.49. The number of furan rings is 1. The summed E-state index contributed by atoms with van der Waals surface area (Å²) in [5, 5.41) is 0. The summed E-state index contributed by atoms with van der Waals surface area (Å²) in [4.78, 5) is 2.34. The monoisotopic (exact) mass is 288 g/mol. The van der Waals surface area contributed by atoms with Gasteiger partial charge in [0.2, 0.25) is 0 Å². The van der Waals surface area contributed by atoms with Crippen molar-refractivity contribution in [1.29, 1.82) is 0 Å². The molecule has 0 radical (unpaired) electrons. The van der Waals surface area contributed by atoms with Gasteiger partial charge in [-0.05, 0) is 31.2 Å². The Hall–Kier alpha value is -1.78. The van der Waals surface area contributed by atoms with Crippen molar-refractivity contribution < 1.29 is 9.15 Å². The van der Waals surface area contributed by atoms with Gasteiger partial charge in [-0.15, -0.1) is 0 Å². The van der Waals surface area contributed by atoms with E-state index in [-0.39, 0.29) is 0 Å². The summed E-state index contributed by atoms with van der Waals surface area (Å²) in [6, 6.07) is 11.9. The number of ether oxygens (including phenoxy) is 1. The van der Waals surface area contributed by atoms with E-state index in [1.54, 1.807) is 6.26 Å². The first-order chi connectivity index (χ1) is 10.3. The van der Waals surface area contributed by atoms with Crippen LogP contribution in [0.3, 0.4) is 0 Å². The molecule has 0 saturated heterocycles. The third-order valence-electron chi connectivity index (χ3n) is 3.48. The highest BCUT2D eigenvalue weighted by atomic mass is 16.5. The van der Waals surface area contributed by atoms with Crippen LogP contribution in [0, 0.1) is 0 Å². The lowest BCUT2D eigenvalue weighted by atomic mass is 10.2. The largest absolute Gasteiger partial charge is 0.493 e. The highest BCUT2D eigenvalue weighted by Crippen LogP contribution is 2.17. The van der Waals surface area contributed by atoms with Crippen LogP contribution in [0.1, 0.15) is 24.7 Å². The first-order valence-corrected chi connectivity index (χ1v) is 7.49. The minimum atomic E-state index is 0.510. The van der Waals surface area contributed by atoms with Gasteiger partial charge in [-0.2, -0.15) is 0 Å². The molecule has 0 aliphatic heterocycles. The molecule has 0 aliphatic carbocycles. The molecule has 0 atom stereocenters. The molecule has 1 aromatic heterocycles. The van der Waals surface area contributed by atoms with E-state index < -0.39 is 0 Å². The van der Waals surface area contributed by atoms with Crippen molar-refractivity contribution in [3.63, 3.8) is 0 Å². The lowest BCUT2D eigenvalue weighted by Crippen LogP contribution is -2.25. The van der Waals surface area contributed by atoms with Gasteiger partial charge in [0.15, 0.2) is 0 Å². The molecule has 1 heterocycles. The van der Waals surface area contributed by atoms with Gasteiger partial charge in [-0.25, -0.2) is 0 Å². The maximum absolute atomic E-state index is 5.83. The summed E-state index contributed by atoms with van der Waals surface area (Å²) in [6.07, 6.45) is 2.70. The SMILES string of the molecule is CCN(CCCOc1ccccc1CN)Cc1ccco1. The normalized spacial score (nSPS) is 11.0. The van der Waals surface area contributed by atoms with Crippen LogP contribution in [-0.2, 0) is 13.1 Å². The van der Waals surface area contributed by atoms with Crippen molar-refractivity contribution in [3.8, 4) is 5.75 Å². The summed E-state index contributed by atoms with van der Waals surface area (Å²) in [5.74, 6) is 1.90. The maximum Gasteiger partial charge on any atom is 0.123 e. The highest BCUT2D eigenvalue weighted by molar-refractivity contribution is 5.32. The molecule has 0 amide bonds. The number of nitrogens with two attached hydrogens (primary N) is 1. The highest BCUT2D eigenvalue weighted by Gasteiger charge is 2.06. The van der Waals surface area contributed by atoms with Crippen molar-refractivity contribution >= 4 is 0 Å². The molecule has 4 heteroatoms. The number of hydrogen-bond acceptors (Lipinski definition) is 4. The average Bonchev–Trinajstić information content (AvgIpc) is 3.03. The molecule has 0 aliphatic rings. The molecule has 2 aromatic rings.